The molecule has 1 aromatic rings. The molecule has 1 aliphatic rings. The van der Waals surface area contributed by atoms with Crippen molar-refractivity contribution >= 4 is 0 Å². The minimum absolute atomic E-state index is 0.0691. The Morgan fingerprint density at radius 2 is 1.82 bits per heavy atom. The Kier molecular flexibility index (Phi) is 4.54. The van der Waals surface area contributed by atoms with Crippen molar-refractivity contribution in [2.75, 3.05) is 19.8 Å². The molecule has 1 aliphatic heterocycles. The standard InChI is InChI=1S/C14H21NO2/c1-11(13-6-4-3-5-7-13)12(2)15-10-14-16-8-9-17-14/h3-7,11-12,14-15H,8-10H2,1-2H3/t11-,12+/m1/s1. The van der Waals surface area contributed by atoms with Gasteiger partial charge in [0.05, 0.1) is 13.2 Å². The van der Waals surface area contributed by atoms with Gasteiger partial charge < -0.3 is 14.8 Å². The van der Waals surface area contributed by atoms with E-state index in [-0.39, 0.29) is 6.29 Å². The van der Waals surface area contributed by atoms with Gasteiger partial charge in [-0.2, -0.15) is 0 Å². The lowest BCUT2D eigenvalue weighted by Gasteiger charge is -2.23. The van der Waals surface area contributed by atoms with Gasteiger partial charge in [-0.15, -0.1) is 0 Å². The highest BCUT2D eigenvalue weighted by Gasteiger charge is 2.19. The van der Waals surface area contributed by atoms with Crippen LogP contribution in [0, 0.1) is 0 Å². The van der Waals surface area contributed by atoms with Crippen LogP contribution in [0.3, 0.4) is 0 Å². The molecule has 3 heteroatoms. The minimum Gasteiger partial charge on any atom is -0.349 e. The average molecular weight is 235 g/mol. The second-order valence-corrected chi connectivity index (χ2v) is 4.57. The van der Waals surface area contributed by atoms with Gasteiger partial charge in [-0.05, 0) is 18.4 Å². The van der Waals surface area contributed by atoms with Gasteiger partial charge in [0.2, 0.25) is 0 Å². The Balaban J connectivity index is 1.80. The first kappa shape index (κ1) is 12.6. The highest BCUT2D eigenvalue weighted by molar-refractivity contribution is 5.20. The van der Waals surface area contributed by atoms with Gasteiger partial charge in [0, 0.05) is 12.6 Å². The second kappa shape index (κ2) is 6.15. The predicted octanol–water partition coefficient (Wildman–Crippen LogP) is 2.14. The molecule has 17 heavy (non-hydrogen) atoms. The van der Waals surface area contributed by atoms with E-state index in [4.69, 9.17) is 9.47 Å². The summed E-state index contributed by atoms with van der Waals surface area (Å²) in [6.07, 6.45) is -0.0691. The fourth-order valence-corrected chi connectivity index (χ4v) is 2.03. The lowest BCUT2D eigenvalue weighted by atomic mass is 9.94. The molecule has 1 heterocycles. The van der Waals surface area contributed by atoms with E-state index < -0.39 is 0 Å². The van der Waals surface area contributed by atoms with Gasteiger partial charge in [0.1, 0.15) is 0 Å². The molecule has 2 atom stereocenters. The maximum atomic E-state index is 5.40. The van der Waals surface area contributed by atoms with Gasteiger partial charge in [-0.3, -0.25) is 0 Å². The summed E-state index contributed by atoms with van der Waals surface area (Å²) < 4.78 is 10.8. The van der Waals surface area contributed by atoms with Crippen LogP contribution in [-0.4, -0.2) is 32.1 Å². The summed E-state index contributed by atoms with van der Waals surface area (Å²) in [7, 11) is 0. The number of nitrogens with one attached hydrogen (secondary N) is 1. The minimum atomic E-state index is -0.0691. The fraction of sp³-hybridized carbons (Fsp3) is 0.571. The molecular formula is C14H21NO2. The van der Waals surface area contributed by atoms with Crippen molar-refractivity contribution in [2.24, 2.45) is 0 Å². The van der Waals surface area contributed by atoms with Crippen molar-refractivity contribution in [2.45, 2.75) is 32.1 Å². The average Bonchev–Trinajstić information content (AvgIpc) is 2.89. The molecule has 2 rings (SSSR count). The van der Waals surface area contributed by atoms with E-state index in [1.165, 1.54) is 5.56 Å². The zero-order valence-corrected chi connectivity index (χ0v) is 10.6. The van der Waals surface area contributed by atoms with Crippen LogP contribution in [0.4, 0.5) is 0 Å². The Morgan fingerprint density at radius 3 is 2.47 bits per heavy atom. The van der Waals surface area contributed by atoms with Crippen LogP contribution < -0.4 is 5.32 Å². The van der Waals surface area contributed by atoms with Crippen molar-refractivity contribution in [1.82, 2.24) is 5.32 Å². The molecule has 1 N–H and O–H groups in total. The second-order valence-electron chi connectivity index (χ2n) is 4.57. The fourth-order valence-electron chi connectivity index (χ4n) is 2.03. The van der Waals surface area contributed by atoms with Crippen LogP contribution in [0.5, 0.6) is 0 Å². The van der Waals surface area contributed by atoms with E-state index in [0.717, 1.165) is 19.8 Å². The summed E-state index contributed by atoms with van der Waals surface area (Å²) in [5.41, 5.74) is 1.36. The van der Waals surface area contributed by atoms with E-state index in [2.05, 4.69) is 49.5 Å². The summed E-state index contributed by atoms with van der Waals surface area (Å²) in [6, 6.07) is 11.0. The smallest absolute Gasteiger partial charge is 0.170 e. The molecule has 1 fully saturated rings. The molecule has 0 spiro atoms. The van der Waals surface area contributed by atoms with E-state index in [1.54, 1.807) is 0 Å². The molecule has 1 saturated heterocycles. The van der Waals surface area contributed by atoms with E-state index >= 15 is 0 Å². The van der Waals surface area contributed by atoms with Crippen molar-refractivity contribution in [3.05, 3.63) is 35.9 Å². The quantitative estimate of drug-likeness (QED) is 0.848. The Morgan fingerprint density at radius 1 is 1.18 bits per heavy atom. The monoisotopic (exact) mass is 235 g/mol. The number of ether oxygens (including phenoxy) is 2. The molecule has 0 aromatic heterocycles. The number of hydrogen-bond donors (Lipinski definition) is 1. The summed E-state index contributed by atoms with van der Waals surface area (Å²) >= 11 is 0. The summed E-state index contributed by atoms with van der Waals surface area (Å²) in [6.45, 7) is 6.64. The third kappa shape index (κ3) is 3.53. The van der Waals surface area contributed by atoms with Crippen LogP contribution in [-0.2, 0) is 9.47 Å². The van der Waals surface area contributed by atoms with Crippen LogP contribution in [0.2, 0.25) is 0 Å². The number of rotatable bonds is 5. The SMILES string of the molecule is C[C@H](NCC1OCCO1)[C@@H](C)c1ccccc1. The largest absolute Gasteiger partial charge is 0.349 e. The zero-order valence-electron chi connectivity index (χ0n) is 10.6. The van der Waals surface area contributed by atoms with Crippen LogP contribution >= 0.6 is 0 Å². The molecule has 3 nitrogen and oxygen atoms in total. The van der Waals surface area contributed by atoms with Gasteiger partial charge >= 0.3 is 0 Å². The van der Waals surface area contributed by atoms with Gasteiger partial charge in [0.15, 0.2) is 6.29 Å². The maximum absolute atomic E-state index is 5.40. The Bertz CT molecular complexity index is 322. The summed E-state index contributed by atoms with van der Waals surface area (Å²) in [4.78, 5) is 0. The first-order chi connectivity index (χ1) is 8.27. The third-order valence-corrected chi connectivity index (χ3v) is 3.37. The van der Waals surface area contributed by atoms with Crippen LogP contribution in [0.1, 0.15) is 25.3 Å². The number of hydrogen-bond acceptors (Lipinski definition) is 3. The lowest BCUT2D eigenvalue weighted by molar-refractivity contribution is -0.0406. The topological polar surface area (TPSA) is 30.5 Å². The highest BCUT2D eigenvalue weighted by Crippen LogP contribution is 2.18. The third-order valence-electron chi connectivity index (χ3n) is 3.37. The van der Waals surface area contributed by atoms with Crippen molar-refractivity contribution < 1.29 is 9.47 Å². The molecule has 0 aliphatic carbocycles. The molecule has 1 aromatic carbocycles. The van der Waals surface area contributed by atoms with Crippen molar-refractivity contribution in [3.63, 3.8) is 0 Å². The van der Waals surface area contributed by atoms with E-state index in [0.29, 0.717) is 12.0 Å². The molecule has 94 valence electrons. The Hall–Kier alpha value is -0.900. The van der Waals surface area contributed by atoms with Gasteiger partial charge in [-0.25, -0.2) is 0 Å². The summed E-state index contributed by atoms with van der Waals surface area (Å²) in [5, 5.41) is 3.47. The van der Waals surface area contributed by atoms with Gasteiger partial charge in [-0.1, -0.05) is 37.3 Å². The molecule has 0 radical (unpaired) electrons. The van der Waals surface area contributed by atoms with Crippen molar-refractivity contribution in [3.8, 4) is 0 Å². The molecule has 0 bridgehead atoms. The first-order valence-electron chi connectivity index (χ1n) is 6.29. The number of benzene rings is 1. The van der Waals surface area contributed by atoms with E-state index in [1.807, 2.05) is 0 Å². The molecule has 0 saturated carbocycles. The first-order valence-corrected chi connectivity index (χ1v) is 6.29. The maximum Gasteiger partial charge on any atom is 0.170 e. The molecule has 0 unspecified atom stereocenters. The van der Waals surface area contributed by atoms with Crippen LogP contribution in [0.25, 0.3) is 0 Å². The van der Waals surface area contributed by atoms with Crippen molar-refractivity contribution in [1.29, 1.82) is 0 Å². The lowest BCUT2D eigenvalue weighted by Crippen LogP contribution is -2.37. The van der Waals surface area contributed by atoms with Gasteiger partial charge in [0.25, 0.3) is 0 Å². The predicted molar refractivity (Wildman–Crippen MR) is 68.0 cm³/mol. The summed E-state index contributed by atoms with van der Waals surface area (Å²) in [5.74, 6) is 0.484. The Labute approximate surface area is 103 Å². The van der Waals surface area contributed by atoms with E-state index in [9.17, 15) is 0 Å². The normalized spacial score (nSPS) is 20.4. The molecular weight excluding hydrogens is 214 g/mol. The van der Waals surface area contributed by atoms with Crippen LogP contribution in [0.15, 0.2) is 30.3 Å². The molecule has 0 amide bonds. The zero-order chi connectivity index (χ0) is 12.1. The highest BCUT2D eigenvalue weighted by atomic mass is 16.7.